The lowest BCUT2D eigenvalue weighted by Crippen LogP contribution is -2.42. The zero-order valence-electron chi connectivity index (χ0n) is 18.7. The lowest BCUT2D eigenvalue weighted by atomic mass is 10.0. The molecule has 1 aromatic rings. The van der Waals surface area contributed by atoms with Crippen molar-refractivity contribution in [3.63, 3.8) is 0 Å². The molecule has 3 nitrogen and oxygen atoms in total. The van der Waals surface area contributed by atoms with Crippen LogP contribution in [0.2, 0.25) is 0 Å². The minimum absolute atomic E-state index is 0. The van der Waals surface area contributed by atoms with Gasteiger partial charge >= 0.3 is 0 Å². The van der Waals surface area contributed by atoms with Crippen LogP contribution < -0.4 is 11.1 Å². The van der Waals surface area contributed by atoms with E-state index in [2.05, 4.69) is 12.2 Å². The molecular formula is C25H45ClN2O. The number of carbonyl (C=O) groups excluding carboxylic acids is 1. The lowest BCUT2D eigenvalue weighted by Gasteiger charge is -2.12. The summed E-state index contributed by atoms with van der Waals surface area (Å²) < 4.78 is 0. The number of benzene rings is 1. The molecule has 0 saturated carbocycles. The molecule has 0 radical (unpaired) electrons. The van der Waals surface area contributed by atoms with Gasteiger partial charge < -0.3 is 11.1 Å². The Morgan fingerprint density at radius 3 is 1.72 bits per heavy atom. The van der Waals surface area contributed by atoms with Gasteiger partial charge in [-0.25, -0.2) is 0 Å². The third-order valence-electron chi connectivity index (χ3n) is 5.46. The van der Waals surface area contributed by atoms with Gasteiger partial charge in [0.2, 0.25) is 5.91 Å². The lowest BCUT2D eigenvalue weighted by molar-refractivity contribution is -0.122. The van der Waals surface area contributed by atoms with Crippen molar-refractivity contribution >= 4 is 18.3 Å². The van der Waals surface area contributed by atoms with E-state index in [-0.39, 0.29) is 18.3 Å². The van der Waals surface area contributed by atoms with Crippen LogP contribution in [0.15, 0.2) is 30.3 Å². The minimum Gasteiger partial charge on any atom is -0.355 e. The summed E-state index contributed by atoms with van der Waals surface area (Å²) in [6.45, 7) is 3.03. The Morgan fingerprint density at radius 2 is 1.24 bits per heavy atom. The molecule has 0 heterocycles. The summed E-state index contributed by atoms with van der Waals surface area (Å²) >= 11 is 0. The van der Waals surface area contributed by atoms with Crippen LogP contribution in [0.25, 0.3) is 0 Å². The molecule has 0 fully saturated rings. The van der Waals surface area contributed by atoms with Crippen molar-refractivity contribution in [2.24, 2.45) is 5.73 Å². The zero-order chi connectivity index (χ0) is 20.3. The Hall–Kier alpha value is -1.06. The molecule has 168 valence electrons. The van der Waals surface area contributed by atoms with Gasteiger partial charge in [-0.1, -0.05) is 121 Å². The van der Waals surface area contributed by atoms with Crippen molar-refractivity contribution in [3.8, 4) is 0 Å². The summed E-state index contributed by atoms with van der Waals surface area (Å²) in [6, 6.07) is 9.52. The number of hydrogen-bond acceptors (Lipinski definition) is 2. The summed E-state index contributed by atoms with van der Waals surface area (Å²) in [4.78, 5) is 12.0. The van der Waals surface area contributed by atoms with Crippen molar-refractivity contribution in [2.45, 2.75) is 109 Å². The summed E-state index contributed by atoms with van der Waals surface area (Å²) in [5, 5.41) is 2.98. The van der Waals surface area contributed by atoms with Crippen molar-refractivity contribution in [1.82, 2.24) is 5.32 Å². The number of unbranched alkanes of at least 4 members (excludes halogenated alkanes) is 13. The van der Waals surface area contributed by atoms with E-state index in [0.29, 0.717) is 6.42 Å². The first-order valence-corrected chi connectivity index (χ1v) is 11.8. The first kappa shape index (κ1) is 27.9. The quantitative estimate of drug-likeness (QED) is 0.261. The Labute approximate surface area is 186 Å². The number of rotatable bonds is 18. The number of hydrogen-bond donors (Lipinski definition) is 2. The average Bonchev–Trinajstić information content (AvgIpc) is 2.71. The zero-order valence-corrected chi connectivity index (χ0v) is 19.5. The summed E-state index contributed by atoms with van der Waals surface area (Å²) in [6.07, 6.45) is 19.5. The number of carbonyl (C=O) groups is 1. The van der Waals surface area contributed by atoms with Crippen LogP contribution in [0.4, 0.5) is 0 Å². The van der Waals surface area contributed by atoms with Gasteiger partial charge in [-0.2, -0.15) is 0 Å². The molecule has 29 heavy (non-hydrogen) atoms. The van der Waals surface area contributed by atoms with E-state index in [1.807, 2.05) is 30.3 Å². The van der Waals surface area contributed by atoms with Crippen molar-refractivity contribution in [2.75, 3.05) is 6.54 Å². The molecule has 4 heteroatoms. The Balaban J connectivity index is 0.00000784. The molecule has 0 aromatic heterocycles. The molecule has 3 N–H and O–H groups in total. The molecule has 0 bridgehead atoms. The molecule has 0 saturated heterocycles. The fourth-order valence-electron chi connectivity index (χ4n) is 3.62. The Kier molecular flexibility index (Phi) is 19.5. The van der Waals surface area contributed by atoms with Gasteiger partial charge in [-0.05, 0) is 18.4 Å². The molecule has 0 aliphatic heterocycles. The van der Waals surface area contributed by atoms with Gasteiger partial charge in [0.25, 0.3) is 0 Å². The fraction of sp³-hybridized carbons (Fsp3) is 0.720. The second kappa shape index (κ2) is 20.2. The van der Waals surface area contributed by atoms with Crippen LogP contribution in [0.5, 0.6) is 0 Å². The van der Waals surface area contributed by atoms with Crippen LogP contribution in [0.3, 0.4) is 0 Å². The van der Waals surface area contributed by atoms with Crippen molar-refractivity contribution in [3.05, 3.63) is 35.9 Å². The van der Waals surface area contributed by atoms with E-state index in [1.54, 1.807) is 0 Å². The molecular weight excluding hydrogens is 380 g/mol. The van der Waals surface area contributed by atoms with Crippen LogP contribution in [0.1, 0.15) is 102 Å². The molecule has 1 atom stereocenters. The molecule has 1 rings (SSSR count). The number of amides is 1. The Morgan fingerprint density at radius 1 is 0.793 bits per heavy atom. The van der Waals surface area contributed by atoms with E-state index < -0.39 is 6.04 Å². The maximum atomic E-state index is 12.0. The number of halogens is 1. The molecule has 1 amide bonds. The topological polar surface area (TPSA) is 55.1 Å². The molecule has 0 aliphatic carbocycles. The third kappa shape index (κ3) is 16.4. The molecule has 0 unspecified atom stereocenters. The van der Waals surface area contributed by atoms with Gasteiger partial charge in [0.05, 0.1) is 6.04 Å². The van der Waals surface area contributed by atoms with Crippen LogP contribution in [-0.2, 0) is 11.2 Å². The van der Waals surface area contributed by atoms with Gasteiger partial charge in [0.15, 0.2) is 0 Å². The maximum Gasteiger partial charge on any atom is 0.237 e. The largest absolute Gasteiger partial charge is 0.355 e. The molecule has 1 aromatic carbocycles. The maximum absolute atomic E-state index is 12.0. The first-order valence-electron chi connectivity index (χ1n) is 11.8. The second-order valence-electron chi connectivity index (χ2n) is 8.18. The van der Waals surface area contributed by atoms with Gasteiger partial charge in [-0.15, -0.1) is 12.4 Å². The average molecular weight is 425 g/mol. The predicted octanol–water partition coefficient (Wildman–Crippen LogP) is 6.58. The van der Waals surface area contributed by atoms with Crippen LogP contribution >= 0.6 is 12.4 Å². The molecule has 0 aliphatic rings. The molecule has 0 spiro atoms. The fourth-order valence-corrected chi connectivity index (χ4v) is 3.62. The summed E-state index contributed by atoms with van der Waals surface area (Å²) in [7, 11) is 0. The predicted molar refractivity (Wildman–Crippen MR) is 129 cm³/mol. The van der Waals surface area contributed by atoms with E-state index in [0.717, 1.165) is 18.5 Å². The second-order valence-corrected chi connectivity index (χ2v) is 8.18. The minimum atomic E-state index is -0.450. The number of nitrogens with two attached hydrogens (primary N) is 1. The van der Waals surface area contributed by atoms with Crippen LogP contribution in [-0.4, -0.2) is 18.5 Å². The summed E-state index contributed by atoms with van der Waals surface area (Å²) in [5.41, 5.74) is 7.11. The Bertz CT molecular complexity index is 481. The van der Waals surface area contributed by atoms with E-state index in [9.17, 15) is 4.79 Å². The highest BCUT2D eigenvalue weighted by Crippen LogP contribution is 2.12. The smallest absolute Gasteiger partial charge is 0.237 e. The summed E-state index contributed by atoms with van der Waals surface area (Å²) in [5.74, 6) is -0.0291. The van der Waals surface area contributed by atoms with Crippen LogP contribution in [0, 0.1) is 0 Å². The monoisotopic (exact) mass is 424 g/mol. The standard InChI is InChI=1S/C25H44N2O.ClH/c1-2-3-4-5-6-7-8-9-10-11-12-13-14-18-21-27-25(28)24(26)22-23-19-16-15-17-20-23;/h15-17,19-20,24H,2-14,18,21-22,26H2,1H3,(H,27,28);1H/t24-;/m0./s1. The van der Waals surface area contributed by atoms with Crippen molar-refractivity contribution in [1.29, 1.82) is 0 Å². The SMILES string of the molecule is CCCCCCCCCCCCCCCCNC(=O)[C@@H](N)Cc1ccccc1.Cl. The van der Waals surface area contributed by atoms with Gasteiger partial charge in [0.1, 0.15) is 0 Å². The van der Waals surface area contributed by atoms with Gasteiger partial charge in [-0.3, -0.25) is 4.79 Å². The van der Waals surface area contributed by atoms with Gasteiger partial charge in [0, 0.05) is 6.54 Å². The highest BCUT2D eigenvalue weighted by Gasteiger charge is 2.12. The normalized spacial score (nSPS) is 11.7. The number of nitrogens with one attached hydrogen (secondary N) is 1. The highest BCUT2D eigenvalue weighted by atomic mass is 35.5. The van der Waals surface area contributed by atoms with E-state index >= 15 is 0 Å². The first-order chi connectivity index (χ1) is 13.7. The van der Waals surface area contributed by atoms with Crippen molar-refractivity contribution < 1.29 is 4.79 Å². The highest BCUT2D eigenvalue weighted by molar-refractivity contribution is 5.85. The third-order valence-corrected chi connectivity index (χ3v) is 5.46. The van der Waals surface area contributed by atoms with E-state index in [4.69, 9.17) is 5.73 Å². The van der Waals surface area contributed by atoms with E-state index in [1.165, 1.54) is 83.5 Å².